The predicted octanol–water partition coefficient (Wildman–Crippen LogP) is 3.26. The van der Waals surface area contributed by atoms with Crippen molar-refractivity contribution in [1.82, 2.24) is 0 Å². The zero-order valence-electron chi connectivity index (χ0n) is 7.49. The van der Waals surface area contributed by atoms with Crippen molar-refractivity contribution in [2.24, 2.45) is 0 Å². The van der Waals surface area contributed by atoms with Crippen molar-refractivity contribution in [3.8, 4) is 0 Å². The second-order valence-electron chi connectivity index (χ2n) is 3.85. The molecule has 0 aliphatic rings. The first kappa shape index (κ1) is 9.17. The molecule has 0 saturated carbocycles. The van der Waals surface area contributed by atoms with Crippen LogP contribution in [0, 0.1) is 11.6 Å². The maximum absolute atomic E-state index is 13.1. The van der Waals surface area contributed by atoms with E-state index >= 15 is 0 Å². The maximum Gasteiger partial charge on any atom is 0.162 e. The summed E-state index contributed by atoms with van der Waals surface area (Å²) in [6.45, 7) is 5.56. The van der Waals surface area contributed by atoms with Gasteiger partial charge in [-0.2, -0.15) is 0 Å². The molecule has 1 aromatic carbocycles. The Morgan fingerprint density at radius 2 is 1.67 bits per heavy atom. The van der Waals surface area contributed by atoms with E-state index in [2.05, 4.69) is 0 Å². The number of benzene rings is 1. The van der Waals surface area contributed by atoms with Crippen LogP contribution in [0.4, 0.5) is 8.78 Å². The van der Waals surface area contributed by atoms with E-state index in [0.29, 0.717) is 5.56 Å². The molecule has 12 heavy (non-hydrogen) atoms. The molecule has 0 heterocycles. The molecule has 0 amide bonds. The minimum absolute atomic E-state index is 0.341. The van der Waals surface area contributed by atoms with E-state index in [0.717, 1.165) is 6.07 Å². The maximum atomic E-state index is 13.1. The number of rotatable bonds is 0. The average Bonchev–Trinajstić information content (AvgIpc) is 1.92. The van der Waals surface area contributed by atoms with Crippen molar-refractivity contribution < 1.29 is 8.78 Å². The van der Waals surface area contributed by atoms with Gasteiger partial charge in [-0.25, -0.2) is 8.78 Å². The highest BCUT2D eigenvalue weighted by Crippen LogP contribution is 2.25. The molecule has 0 unspecified atom stereocenters. The summed E-state index contributed by atoms with van der Waals surface area (Å²) in [6.07, 6.45) is 0. The van der Waals surface area contributed by atoms with Gasteiger partial charge in [0.2, 0.25) is 0 Å². The van der Waals surface area contributed by atoms with Gasteiger partial charge in [0.15, 0.2) is 11.6 Å². The third kappa shape index (κ3) is 1.63. The van der Waals surface area contributed by atoms with Crippen molar-refractivity contribution in [3.63, 3.8) is 0 Å². The van der Waals surface area contributed by atoms with Gasteiger partial charge in [-0.15, -0.1) is 0 Å². The fourth-order valence-corrected chi connectivity index (χ4v) is 1.08. The van der Waals surface area contributed by atoms with Crippen molar-refractivity contribution in [2.75, 3.05) is 0 Å². The minimum Gasteiger partial charge on any atom is -0.204 e. The summed E-state index contributed by atoms with van der Waals surface area (Å²) < 4.78 is 25.9. The third-order valence-corrected chi connectivity index (χ3v) is 1.76. The highest BCUT2D eigenvalue weighted by atomic mass is 19.2. The SMILES string of the molecule is CC(C)(C)c1cccc(F)c1F. The van der Waals surface area contributed by atoms with Crippen LogP contribution in [0.25, 0.3) is 0 Å². The van der Waals surface area contributed by atoms with Gasteiger partial charge in [0, 0.05) is 0 Å². The van der Waals surface area contributed by atoms with Gasteiger partial charge in [0.05, 0.1) is 0 Å². The number of hydrogen-bond donors (Lipinski definition) is 0. The van der Waals surface area contributed by atoms with Gasteiger partial charge in [0.25, 0.3) is 0 Å². The summed E-state index contributed by atoms with van der Waals surface area (Å²) in [5, 5.41) is 0. The Morgan fingerprint density at radius 1 is 1.08 bits per heavy atom. The van der Waals surface area contributed by atoms with E-state index in [1.54, 1.807) is 6.07 Å². The van der Waals surface area contributed by atoms with Crippen LogP contribution in [-0.2, 0) is 5.41 Å². The molecule has 0 radical (unpaired) electrons. The van der Waals surface area contributed by atoms with Crippen LogP contribution < -0.4 is 0 Å². The van der Waals surface area contributed by atoms with E-state index in [1.165, 1.54) is 6.07 Å². The van der Waals surface area contributed by atoms with E-state index in [-0.39, 0.29) is 5.41 Å². The Bertz CT molecular complexity index is 284. The third-order valence-electron chi connectivity index (χ3n) is 1.76. The smallest absolute Gasteiger partial charge is 0.162 e. The van der Waals surface area contributed by atoms with Gasteiger partial charge in [-0.1, -0.05) is 32.9 Å². The second kappa shape index (κ2) is 2.85. The molecule has 0 saturated heterocycles. The summed E-state index contributed by atoms with van der Waals surface area (Å²) in [5.41, 5.74) is 0.0779. The van der Waals surface area contributed by atoms with Crippen LogP contribution >= 0.6 is 0 Å². The van der Waals surface area contributed by atoms with Gasteiger partial charge < -0.3 is 0 Å². The lowest BCUT2D eigenvalue weighted by atomic mass is 9.87. The molecule has 0 spiro atoms. The molecule has 66 valence electrons. The van der Waals surface area contributed by atoms with Gasteiger partial charge in [0.1, 0.15) is 0 Å². The van der Waals surface area contributed by atoms with Gasteiger partial charge in [-0.3, -0.25) is 0 Å². The molecule has 0 nitrogen and oxygen atoms in total. The summed E-state index contributed by atoms with van der Waals surface area (Å²) in [4.78, 5) is 0. The summed E-state index contributed by atoms with van der Waals surface area (Å²) in [7, 11) is 0. The lowest BCUT2D eigenvalue weighted by Gasteiger charge is -2.19. The molecular weight excluding hydrogens is 158 g/mol. The number of hydrogen-bond acceptors (Lipinski definition) is 0. The van der Waals surface area contributed by atoms with Crippen molar-refractivity contribution >= 4 is 0 Å². The first-order valence-corrected chi connectivity index (χ1v) is 3.87. The molecule has 0 aromatic heterocycles. The van der Waals surface area contributed by atoms with Crippen molar-refractivity contribution in [2.45, 2.75) is 26.2 Å². The van der Waals surface area contributed by atoms with E-state index in [1.807, 2.05) is 20.8 Å². The molecule has 0 aliphatic carbocycles. The van der Waals surface area contributed by atoms with Crippen molar-refractivity contribution in [3.05, 3.63) is 35.4 Å². The van der Waals surface area contributed by atoms with Crippen LogP contribution in [0.5, 0.6) is 0 Å². The molecule has 0 atom stereocenters. The fourth-order valence-electron chi connectivity index (χ4n) is 1.08. The Hall–Kier alpha value is -0.920. The minimum atomic E-state index is -0.776. The monoisotopic (exact) mass is 170 g/mol. The number of halogens is 2. The Morgan fingerprint density at radius 3 is 2.08 bits per heavy atom. The standard InChI is InChI=1S/C10H12F2/c1-10(2,3)7-5-4-6-8(11)9(7)12/h4-6H,1-3H3. The van der Waals surface area contributed by atoms with E-state index in [9.17, 15) is 8.78 Å². The Labute approximate surface area is 71.2 Å². The first-order valence-electron chi connectivity index (χ1n) is 3.87. The Kier molecular flexibility index (Phi) is 2.18. The highest BCUT2D eigenvalue weighted by Gasteiger charge is 2.19. The van der Waals surface area contributed by atoms with Crippen molar-refractivity contribution in [1.29, 1.82) is 0 Å². The molecule has 0 N–H and O–H groups in total. The van der Waals surface area contributed by atoms with Crippen LogP contribution in [-0.4, -0.2) is 0 Å². The van der Waals surface area contributed by atoms with E-state index < -0.39 is 11.6 Å². The zero-order valence-corrected chi connectivity index (χ0v) is 7.49. The van der Waals surface area contributed by atoms with E-state index in [4.69, 9.17) is 0 Å². The quantitative estimate of drug-likeness (QED) is 0.560. The molecule has 1 aromatic rings. The topological polar surface area (TPSA) is 0 Å². The average molecular weight is 170 g/mol. The lowest BCUT2D eigenvalue weighted by Crippen LogP contribution is -2.14. The normalized spacial score (nSPS) is 11.8. The Balaban J connectivity index is 3.26. The summed E-state index contributed by atoms with van der Waals surface area (Å²) in [6, 6.07) is 4.27. The molecule has 2 heteroatoms. The first-order chi connectivity index (χ1) is 5.43. The fraction of sp³-hybridized carbons (Fsp3) is 0.400. The van der Waals surface area contributed by atoms with Crippen LogP contribution in [0.2, 0.25) is 0 Å². The summed E-state index contributed by atoms with van der Waals surface area (Å²) >= 11 is 0. The zero-order chi connectivity index (χ0) is 9.35. The largest absolute Gasteiger partial charge is 0.204 e. The van der Waals surface area contributed by atoms with Gasteiger partial charge in [-0.05, 0) is 17.0 Å². The lowest BCUT2D eigenvalue weighted by molar-refractivity contribution is 0.465. The van der Waals surface area contributed by atoms with Crippen LogP contribution in [0.15, 0.2) is 18.2 Å². The molecule has 0 fully saturated rings. The second-order valence-corrected chi connectivity index (χ2v) is 3.85. The molecular formula is C10H12F2. The highest BCUT2D eigenvalue weighted by molar-refractivity contribution is 5.25. The van der Waals surface area contributed by atoms with Gasteiger partial charge >= 0.3 is 0 Å². The molecule has 1 rings (SSSR count). The molecule has 0 bridgehead atoms. The van der Waals surface area contributed by atoms with Crippen LogP contribution in [0.3, 0.4) is 0 Å². The van der Waals surface area contributed by atoms with Crippen LogP contribution in [0.1, 0.15) is 26.3 Å². The summed E-state index contributed by atoms with van der Waals surface area (Å²) in [5.74, 6) is -1.51. The predicted molar refractivity (Wildman–Crippen MR) is 45.1 cm³/mol. The molecule has 0 aliphatic heterocycles.